The van der Waals surface area contributed by atoms with Gasteiger partial charge in [0.05, 0.1) is 11.8 Å². The van der Waals surface area contributed by atoms with Gasteiger partial charge in [0, 0.05) is 13.1 Å². The molecule has 0 aliphatic heterocycles. The van der Waals surface area contributed by atoms with Gasteiger partial charge in [0.2, 0.25) is 5.91 Å². The Bertz CT molecular complexity index is 338. The number of nitrogens with zero attached hydrogens (tertiary/aromatic N) is 1. The minimum Gasteiger partial charge on any atom is -0.481 e. The van der Waals surface area contributed by atoms with Gasteiger partial charge < -0.3 is 10.0 Å². The number of hydrogen-bond donors (Lipinski definition) is 1. The van der Waals surface area contributed by atoms with Crippen molar-refractivity contribution in [3.63, 3.8) is 0 Å². The van der Waals surface area contributed by atoms with Gasteiger partial charge in [-0.25, -0.2) is 0 Å². The van der Waals surface area contributed by atoms with Crippen LogP contribution in [0.1, 0.15) is 45.4 Å². The second-order valence-corrected chi connectivity index (χ2v) is 5.83. The van der Waals surface area contributed by atoms with E-state index in [2.05, 4.69) is 6.92 Å². The fourth-order valence-corrected chi connectivity index (χ4v) is 3.24. The fraction of sp³-hybridized carbons (Fsp3) is 0.857. The molecule has 0 heterocycles. The maximum Gasteiger partial charge on any atom is 0.307 e. The Kier molecular flexibility index (Phi) is 3.93. The number of carboxylic acid groups (broad SMARTS) is 1. The number of amides is 1. The lowest BCUT2D eigenvalue weighted by atomic mass is 9.89. The van der Waals surface area contributed by atoms with E-state index < -0.39 is 11.9 Å². The Morgan fingerprint density at radius 3 is 2.28 bits per heavy atom. The monoisotopic (exact) mass is 253 g/mol. The highest BCUT2D eigenvalue weighted by molar-refractivity contribution is 5.85. The van der Waals surface area contributed by atoms with Crippen LogP contribution in [0.25, 0.3) is 0 Å². The molecule has 2 saturated carbocycles. The predicted octanol–water partition coefficient (Wildman–Crippen LogP) is 2.13. The summed E-state index contributed by atoms with van der Waals surface area (Å²) < 4.78 is 0. The van der Waals surface area contributed by atoms with Crippen LogP contribution in [0.15, 0.2) is 0 Å². The van der Waals surface area contributed by atoms with E-state index in [1.165, 1.54) is 6.42 Å². The van der Waals surface area contributed by atoms with E-state index in [-0.39, 0.29) is 11.8 Å². The summed E-state index contributed by atoms with van der Waals surface area (Å²) in [5.41, 5.74) is 0. The summed E-state index contributed by atoms with van der Waals surface area (Å²) in [7, 11) is 1.84. The van der Waals surface area contributed by atoms with Crippen molar-refractivity contribution in [3.05, 3.63) is 0 Å². The second-order valence-electron chi connectivity index (χ2n) is 5.83. The SMILES string of the molecule is CCC1CC(C(=O)O)C(C(=O)N(C)C2CCC2)C1. The van der Waals surface area contributed by atoms with Gasteiger partial charge in [0.15, 0.2) is 0 Å². The Balaban J connectivity index is 2.04. The van der Waals surface area contributed by atoms with Crippen molar-refractivity contribution in [1.82, 2.24) is 4.90 Å². The normalized spacial score (nSPS) is 32.0. The van der Waals surface area contributed by atoms with Crippen LogP contribution in [0.5, 0.6) is 0 Å². The molecule has 18 heavy (non-hydrogen) atoms. The van der Waals surface area contributed by atoms with Crippen LogP contribution >= 0.6 is 0 Å². The van der Waals surface area contributed by atoms with E-state index in [4.69, 9.17) is 0 Å². The van der Waals surface area contributed by atoms with Crippen LogP contribution in [0.4, 0.5) is 0 Å². The van der Waals surface area contributed by atoms with Gasteiger partial charge in [-0.05, 0) is 38.0 Å². The average Bonchev–Trinajstić information content (AvgIpc) is 2.69. The van der Waals surface area contributed by atoms with Crippen LogP contribution in [0, 0.1) is 17.8 Å². The molecule has 0 aromatic heterocycles. The maximum atomic E-state index is 12.4. The highest BCUT2D eigenvalue weighted by atomic mass is 16.4. The summed E-state index contributed by atoms with van der Waals surface area (Å²) in [6, 6.07) is 0.354. The quantitative estimate of drug-likeness (QED) is 0.835. The molecule has 4 heteroatoms. The number of carbonyl (C=O) groups is 2. The highest BCUT2D eigenvalue weighted by Gasteiger charge is 2.44. The summed E-state index contributed by atoms with van der Waals surface area (Å²) >= 11 is 0. The van der Waals surface area contributed by atoms with Gasteiger partial charge >= 0.3 is 5.97 Å². The van der Waals surface area contributed by atoms with E-state index in [1.807, 2.05) is 11.9 Å². The molecule has 0 aromatic carbocycles. The van der Waals surface area contributed by atoms with Crippen molar-refractivity contribution in [3.8, 4) is 0 Å². The molecule has 0 aromatic rings. The van der Waals surface area contributed by atoms with E-state index in [0.717, 1.165) is 25.7 Å². The zero-order valence-electron chi connectivity index (χ0n) is 11.3. The van der Waals surface area contributed by atoms with Gasteiger partial charge in [0.1, 0.15) is 0 Å². The van der Waals surface area contributed by atoms with Gasteiger partial charge in [-0.2, -0.15) is 0 Å². The lowest BCUT2D eigenvalue weighted by Gasteiger charge is -2.36. The summed E-state index contributed by atoms with van der Waals surface area (Å²) in [5.74, 6) is -1.10. The first-order valence-electron chi connectivity index (χ1n) is 7.04. The number of carboxylic acids is 1. The smallest absolute Gasteiger partial charge is 0.307 e. The highest BCUT2D eigenvalue weighted by Crippen LogP contribution is 2.40. The van der Waals surface area contributed by atoms with Gasteiger partial charge in [0.25, 0.3) is 0 Å². The van der Waals surface area contributed by atoms with E-state index in [9.17, 15) is 14.7 Å². The topological polar surface area (TPSA) is 57.6 Å². The number of rotatable bonds is 4. The van der Waals surface area contributed by atoms with Crippen LogP contribution in [-0.2, 0) is 9.59 Å². The summed E-state index contributed by atoms with van der Waals surface area (Å²) in [6.07, 6.45) is 5.73. The molecule has 0 saturated heterocycles. The van der Waals surface area contributed by atoms with Crippen LogP contribution in [0.2, 0.25) is 0 Å². The zero-order chi connectivity index (χ0) is 13.3. The number of aliphatic carboxylic acids is 1. The summed E-state index contributed by atoms with van der Waals surface area (Å²) in [5, 5.41) is 9.27. The third kappa shape index (κ3) is 2.38. The molecule has 1 N–H and O–H groups in total. The number of hydrogen-bond acceptors (Lipinski definition) is 2. The molecule has 0 radical (unpaired) electrons. The third-order valence-corrected chi connectivity index (χ3v) is 4.84. The van der Waals surface area contributed by atoms with Crippen molar-refractivity contribution in [2.45, 2.75) is 51.5 Å². The Labute approximate surface area is 108 Å². The molecule has 2 fully saturated rings. The molecular formula is C14H23NO3. The first-order chi connectivity index (χ1) is 8.54. The molecule has 3 unspecified atom stereocenters. The fourth-order valence-electron chi connectivity index (χ4n) is 3.24. The van der Waals surface area contributed by atoms with Crippen molar-refractivity contribution in [1.29, 1.82) is 0 Å². The molecule has 2 aliphatic carbocycles. The van der Waals surface area contributed by atoms with Gasteiger partial charge in [-0.1, -0.05) is 13.3 Å². The van der Waals surface area contributed by atoms with Crippen LogP contribution < -0.4 is 0 Å². The summed E-state index contributed by atoms with van der Waals surface area (Å²) in [6.45, 7) is 2.08. The molecular weight excluding hydrogens is 230 g/mol. The van der Waals surface area contributed by atoms with E-state index in [1.54, 1.807) is 0 Å². The van der Waals surface area contributed by atoms with Crippen molar-refractivity contribution in [2.75, 3.05) is 7.05 Å². The first-order valence-corrected chi connectivity index (χ1v) is 7.04. The Hall–Kier alpha value is -1.06. The summed E-state index contributed by atoms with van der Waals surface area (Å²) in [4.78, 5) is 25.5. The minimum absolute atomic E-state index is 0.0584. The predicted molar refractivity (Wildman–Crippen MR) is 68.0 cm³/mol. The van der Waals surface area contributed by atoms with Crippen LogP contribution in [-0.4, -0.2) is 35.0 Å². The standard InChI is InChI=1S/C14H23NO3/c1-3-9-7-11(12(8-9)14(17)18)13(16)15(2)10-5-4-6-10/h9-12H,3-8H2,1-2H3,(H,17,18). The Morgan fingerprint density at radius 1 is 1.22 bits per heavy atom. The van der Waals surface area contributed by atoms with Crippen LogP contribution in [0.3, 0.4) is 0 Å². The molecule has 4 nitrogen and oxygen atoms in total. The van der Waals surface area contributed by atoms with Crippen molar-refractivity contribution < 1.29 is 14.7 Å². The molecule has 102 valence electrons. The zero-order valence-corrected chi connectivity index (χ0v) is 11.3. The first kappa shape index (κ1) is 13.4. The van der Waals surface area contributed by atoms with E-state index >= 15 is 0 Å². The van der Waals surface area contributed by atoms with Gasteiger partial charge in [-0.15, -0.1) is 0 Å². The number of carbonyl (C=O) groups excluding carboxylic acids is 1. The molecule has 3 atom stereocenters. The Morgan fingerprint density at radius 2 is 1.83 bits per heavy atom. The lowest BCUT2D eigenvalue weighted by Crippen LogP contribution is -2.45. The molecule has 0 spiro atoms. The van der Waals surface area contributed by atoms with E-state index in [0.29, 0.717) is 18.4 Å². The van der Waals surface area contributed by atoms with Crippen molar-refractivity contribution in [2.24, 2.45) is 17.8 Å². The second kappa shape index (κ2) is 5.29. The lowest BCUT2D eigenvalue weighted by molar-refractivity contribution is -0.150. The molecule has 0 bridgehead atoms. The average molecular weight is 253 g/mol. The minimum atomic E-state index is -0.800. The molecule has 2 aliphatic rings. The molecule has 2 rings (SSSR count). The molecule has 1 amide bonds. The largest absolute Gasteiger partial charge is 0.481 e. The van der Waals surface area contributed by atoms with Crippen molar-refractivity contribution >= 4 is 11.9 Å². The van der Waals surface area contributed by atoms with Gasteiger partial charge in [-0.3, -0.25) is 9.59 Å². The maximum absolute atomic E-state index is 12.4. The third-order valence-electron chi connectivity index (χ3n) is 4.84.